The maximum absolute atomic E-state index is 9.94. The van der Waals surface area contributed by atoms with E-state index in [2.05, 4.69) is 19.1 Å². The molecule has 0 aliphatic heterocycles. The normalized spacial score (nSPS) is 11.5. The molecule has 0 atom stereocenters. The average Bonchev–Trinajstić information content (AvgIpc) is 2.16. The summed E-state index contributed by atoms with van der Waals surface area (Å²) >= 11 is 0. The Morgan fingerprint density at radius 2 is 1.62 bits per heavy atom. The Morgan fingerprint density at radius 3 is 2.31 bits per heavy atom. The van der Waals surface area contributed by atoms with Gasteiger partial charge in [-0.15, -0.1) is 0 Å². The smallest absolute Gasteiger partial charge is 0.123 e. The van der Waals surface area contributed by atoms with Crippen LogP contribution in [-0.2, 0) is 4.79 Å². The van der Waals surface area contributed by atoms with Gasteiger partial charge in [-0.05, 0) is 19.3 Å². The van der Waals surface area contributed by atoms with Crippen LogP contribution in [0.25, 0.3) is 0 Å². The van der Waals surface area contributed by atoms with Gasteiger partial charge in [-0.25, -0.2) is 0 Å². The van der Waals surface area contributed by atoms with E-state index in [0.717, 1.165) is 12.7 Å². The average molecular weight is 180 g/mol. The number of aldehydes is 1. The molecule has 0 saturated heterocycles. The van der Waals surface area contributed by atoms with Crippen molar-refractivity contribution in [2.75, 3.05) is 0 Å². The van der Waals surface area contributed by atoms with Crippen LogP contribution in [0.2, 0.25) is 0 Å². The molecule has 1 heteroatoms. The first kappa shape index (κ1) is 12.2. The van der Waals surface area contributed by atoms with E-state index in [9.17, 15) is 4.79 Å². The Bertz CT molecular complexity index is 157. The monoisotopic (exact) mass is 180 g/mol. The molecule has 13 heavy (non-hydrogen) atoms. The first-order chi connectivity index (χ1) is 6.41. The second-order valence-corrected chi connectivity index (χ2v) is 3.08. The van der Waals surface area contributed by atoms with Crippen molar-refractivity contribution in [3.05, 3.63) is 24.3 Å². The van der Waals surface area contributed by atoms with E-state index >= 15 is 0 Å². The van der Waals surface area contributed by atoms with E-state index < -0.39 is 0 Å². The van der Waals surface area contributed by atoms with Gasteiger partial charge in [0, 0.05) is 6.42 Å². The summed E-state index contributed by atoms with van der Waals surface area (Å²) in [5.41, 5.74) is 0. The zero-order valence-corrected chi connectivity index (χ0v) is 8.54. The molecule has 0 fully saturated rings. The lowest BCUT2D eigenvalue weighted by atomic mass is 10.2. The molecule has 0 aliphatic rings. The number of carbonyl (C=O) groups excluding carboxylic acids is 1. The minimum absolute atomic E-state index is 0.545. The summed E-state index contributed by atoms with van der Waals surface area (Å²) < 4.78 is 0. The van der Waals surface area contributed by atoms with Crippen molar-refractivity contribution in [2.45, 2.75) is 45.4 Å². The van der Waals surface area contributed by atoms with Gasteiger partial charge in [0.1, 0.15) is 6.29 Å². The fraction of sp³-hybridized carbons (Fsp3) is 0.583. The molecule has 0 bridgehead atoms. The SMILES string of the molecule is CCCCC/C=C/C/C=C/CC=O. The van der Waals surface area contributed by atoms with Crippen LogP contribution < -0.4 is 0 Å². The summed E-state index contributed by atoms with van der Waals surface area (Å²) in [5, 5.41) is 0. The van der Waals surface area contributed by atoms with Crippen LogP contribution in [0, 0.1) is 0 Å². The van der Waals surface area contributed by atoms with Gasteiger partial charge in [-0.3, -0.25) is 0 Å². The van der Waals surface area contributed by atoms with E-state index in [1.54, 1.807) is 0 Å². The molecule has 0 aromatic rings. The van der Waals surface area contributed by atoms with E-state index in [1.807, 2.05) is 12.2 Å². The van der Waals surface area contributed by atoms with Crippen LogP contribution in [-0.4, -0.2) is 6.29 Å². The minimum Gasteiger partial charge on any atom is -0.303 e. The standard InChI is InChI=1S/C12H20O/c1-2-3-4-5-6-7-8-9-10-11-12-13/h6-7,9-10,12H,2-5,8,11H2,1H3/b7-6+,10-9+. The fourth-order valence-corrected chi connectivity index (χ4v) is 1.05. The van der Waals surface area contributed by atoms with Crippen molar-refractivity contribution in [3.63, 3.8) is 0 Å². The van der Waals surface area contributed by atoms with Crippen LogP contribution in [0.4, 0.5) is 0 Å². The third kappa shape index (κ3) is 11.1. The molecule has 0 saturated carbocycles. The molecule has 0 heterocycles. The summed E-state index contributed by atoms with van der Waals surface area (Å²) in [6, 6.07) is 0. The van der Waals surface area contributed by atoms with Crippen molar-refractivity contribution in [3.8, 4) is 0 Å². The van der Waals surface area contributed by atoms with E-state index in [1.165, 1.54) is 25.7 Å². The lowest BCUT2D eigenvalue weighted by Crippen LogP contribution is -1.70. The molecule has 0 rings (SSSR count). The third-order valence-electron chi connectivity index (χ3n) is 1.81. The maximum atomic E-state index is 9.94. The first-order valence-corrected chi connectivity index (χ1v) is 5.15. The molecule has 0 aromatic heterocycles. The Hall–Kier alpha value is -0.850. The lowest BCUT2D eigenvalue weighted by Gasteiger charge is -1.90. The Morgan fingerprint density at radius 1 is 0.923 bits per heavy atom. The number of carbonyl (C=O) groups is 1. The van der Waals surface area contributed by atoms with Crippen molar-refractivity contribution >= 4 is 6.29 Å². The van der Waals surface area contributed by atoms with Gasteiger partial charge in [0.25, 0.3) is 0 Å². The van der Waals surface area contributed by atoms with Gasteiger partial charge < -0.3 is 4.79 Å². The summed E-state index contributed by atoms with van der Waals surface area (Å²) in [5.74, 6) is 0. The zero-order chi connectivity index (χ0) is 9.78. The molecular formula is C12H20O. The lowest BCUT2D eigenvalue weighted by molar-refractivity contribution is -0.107. The highest BCUT2D eigenvalue weighted by molar-refractivity contribution is 5.51. The molecule has 0 aliphatic carbocycles. The number of unbranched alkanes of at least 4 members (excludes halogenated alkanes) is 3. The number of rotatable bonds is 8. The van der Waals surface area contributed by atoms with E-state index in [4.69, 9.17) is 0 Å². The zero-order valence-electron chi connectivity index (χ0n) is 8.54. The largest absolute Gasteiger partial charge is 0.303 e. The van der Waals surface area contributed by atoms with Gasteiger partial charge in [-0.1, -0.05) is 44.1 Å². The number of hydrogen-bond acceptors (Lipinski definition) is 1. The van der Waals surface area contributed by atoms with E-state index in [-0.39, 0.29) is 0 Å². The number of allylic oxidation sites excluding steroid dienone is 4. The fourth-order valence-electron chi connectivity index (χ4n) is 1.05. The summed E-state index contributed by atoms with van der Waals surface area (Å²) in [7, 11) is 0. The molecule has 1 nitrogen and oxygen atoms in total. The highest BCUT2D eigenvalue weighted by Crippen LogP contribution is 2.00. The molecule has 0 radical (unpaired) electrons. The molecule has 74 valence electrons. The molecule has 0 unspecified atom stereocenters. The van der Waals surface area contributed by atoms with Crippen molar-refractivity contribution in [1.29, 1.82) is 0 Å². The van der Waals surface area contributed by atoms with Gasteiger partial charge in [0.2, 0.25) is 0 Å². The second-order valence-electron chi connectivity index (χ2n) is 3.08. The Balaban J connectivity index is 3.16. The Labute approximate surface area is 81.5 Å². The van der Waals surface area contributed by atoms with Crippen LogP contribution in [0.15, 0.2) is 24.3 Å². The van der Waals surface area contributed by atoms with Crippen molar-refractivity contribution in [1.82, 2.24) is 0 Å². The quantitative estimate of drug-likeness (QED) is 0.316. The van der Waals surface area contributed by atoms with Gasteiger partial charge in [0.15, 0.2) is 0 Å². The molecular weight excluding hydrogens is 160 g/mol. The van der Waals surface area contributed by atoms with Gasteiger partial charge >= 0.3 is 0 Å². The van der Waals surface area contributed by atoms with Crippen LogP contribution in [0.1, 0.15) is 45.4 Å². The van der Waals surface area contributed by atoms with Crippen LogP contribution >= 0.6 is 0 Å². The maximum Gasteiger partial charge on any atom is 0.123 e. The van der Waals surface area contributed by atoms with Gasteiger partial charge in [-0.2, -0.15) is 0 Å². The molecule has 0 aromatic carbocycles. The predicted molar refractivity (Wildman–Crippen MR) is 57.7 cm³/mol. The van der Waals surface area contributed by atoms with Crippen molar-refractivity contribution < 1.29 is 4.79 Å². The first-order valence-electron chi connectivity index (χ1n) is 5.15. The topological polar surface area (TPSA) is 17.1 Å². The molecule has 0 N–H and O–H groups in total. The summed E-state index contributed by atoms with van der Waals surface area (Å²) in [4.78, 5) is 9.94. The molecule has 0 amide bonds. The predicted octanol–water partition coefficient (Wildman–Crippen LogP) is 3.66. The Kier molecular flexibility index (Phi) is 10.4. The van der Waals surface area contributed by atoms with Crippen molar-refractivity contribution in [2.24, 2.45) is 0 Å². The minimum atomic E-state index is 0.545. The third-order valence-corrected chi connectivity index (χ3v) is 1.81. The highest BCUT2D eigenvalue weighted by atomic mass is 16.1. The van der Waals surface area contributed by atoms with Crippen LogP contribution in [0.3, 0.4) is 0 Å². The number of hydrogen-bond donors (Lipinski definition) is 0. The highest BCUT2D eigenvalue weighted by Gasteiger charge is 1.80. The summed E-state index contributed by atoms with van der Waals surface area (Å²) in [6.07, 6.45) is 15.8. The second kappa shape index (κ2) is 11.2. The van der Waals surface area contributed by atoms with Gasteiger partial charge in [0.05, 0.1) is 0 Å². The van der Waals surface area contributed by atoms with E-state index in [0.29, 0.717) is 6.42 Å². The summed E-state index contributed by atoms with van der Waals surface area (Å²) in [6.45, 7) is 2.21. The van der Waals surface area contributed by atoms with Crippen LogP contribution in [0.5, 0.6) is 0 Å². The molecule has 0 spiro atoms.